The van der Waals surface area contributed by atoms with Gasteiger partial charge in [0, 0.05) is 6.04 Å². The Balaban J connectivity index is 1.66. The fraction of sp³-hybridized carbons (Fsp3) is 0.500. The van der Waals surface area contributed by atoms with Gasteiger partial charge < -0.3 is 9.84 Å². The van der Waals surface area contributed by atoms with Crippen molar-refractivity contribution in [2.24, 2.45) is 5.92 Å². The van der Waals surface area contributed by atoms with Gasteiger partial charge in [0.05, 0.1) is 0 Å². The first-order valence-corrected chi connectivity index (χ1v) is 7.38. The minimum Gasteiger partial charge on any atom is -0.480 e. The Morgan fingerprint density at radius 3 is 2.48 bits per heavy atom. The number of hydrogen-bond donors (Lipinski definition) is 1. The molecule has 1 N–H and O–H groups in total. The molecule has 1 aromatic rings. The monoisotopic (exact) mass is 289 g/mol. The summed E-state index contributed by atoms with van der Waals surface area (Å²) in [6, 6.07) is 8.72. The summed E-state index contributed by atoms with van der Waals surface area (Å²) in [5.74, 6) is -0.478. The molecule has 1 aliphatic carbocycles. The van der Waals surface area contributed by atoms with Gasteiger partial charge in [-0.25, -0.2) is 9.59 Å². The lowest BCUT2D eigenvalue weighted by atomic mass is 10.1. The molecule has 2 atom stereocenters. The van der Waals surface area contributed by atoms with E-state index in [-0.39, 0.29) is 12.6 Å². The molecule has 5 heteroatoms. The Hall–Kier alpha value is -2.04. The number of ether oxygens (including phenoxy) is 1. The third kappa shape index (κ3) is 3.01. The number of carbonyl (C=O) groups is 2. The van der Waals surface area contributed by atoms with Gasteiger partial charge in [0.25, 0.3) is 0 Å². The van der Waals surface area contributed by atoms with Crippen molar-refractivity contribution in [2.45, 2.75) is 44.4 Å². The molecule has 2 aliphatic rings. The summed E-state index contributed by atoms with van der Waals surface area (Å²) in [7, 11) is 0. The highest BCUT2D eigenvalue weighted by atomic mass is 16.6. The first kappa shape index (κ1) is 13.9. The van der Waals surface area contributed by atoms with Crippen molar-refractivity contribution < 1.29 is 19.4 Å². The number of benzene rings is 1. The summed E-state index contributed by atoms with van der Waals surface area (Å²) in [5, 5.41) is 9.29. The lowest BCUT2D eigenvalue weighted by Crippen LogP contribution is -2.45. The molecule has 112 valence electrons. The molecule has 1 aromatic carbocycles. The summed E-state index contributed by atoms with van der Waals surface area (Å²) in [4.78, 5) is 25.1. The Morgan fingerprint density at radius 2 is 1.86 bits per heavy atom. The lowest BCUT2D eigenvalue weighted by molar-refractivity contribution is -0.142. The third-order valence-electron chi connectivity index (χ3n) is 4.30. The van der Waals surface area contributed by atoms with Crippen LogP contribution < -0.4 is 0 Å². The SMILES string of the molecule is O=C(O)[C@H]1CC[C@H](C2CC2)N1C(=O)OCc1ccccc1. The second-order valence-electron chi connectivity index (χ2n) is 5.78. The molecular formula is C16H19NO4. The summed E-state index contributed by atoms with van der Waals surface area (Å²) in [6.45, 7) is 0.180. The number of carbonyl (C=O) groups excluding carboxylic acids is 1. The smallest absolute Gasteiger partial charge is 0.411 e. The summed E-state index contributed by atoms with van der Waals surface area (Å²) >= 11 is 0. The number of likely N-dealkylation sites (tertiary alicyclic amines) is 1. The van der Waals surface area contributed by atoms with Gasteiger partial charge in [0.2, 0.25) is 0 Å². The maximum atomic E-state index is 12.3. The zero-order chi connectivity index (χ0) is 14.8. The summed E-state index contributed by atoms with van der Waals surface area (Å²) in [6.07, 6.45) is 2.96. The number of carboxylic acids is 1. The predicted octanol–water partition coefficient (Wildman–Crippen LogP) is 2.65. The first-order chi connectivity index (χ1) is 10.2. The van der Waals surface area contributed by atoms with Crippen molar-refractivity contribution in [3.63, 3.8) is 0 Å². The number of nitrogens with zero attached hydrogens (tertiary/aromatic N) is 1. The molecule has 21 heavy (non-hydrogen) atoms. The van der Waals surface area contributed by atoms with Gasteiger partial charge in [-0.3, -0.25) is 4.90 Å². The summed E-state index contributed by atoms with van der Waals surface area (Å²) < 4.78 is 5.32. The minimum atomic E-state index is -0.935. The number of amides is 1. The fourth-order valence-corrected chi connectivity index (χ4v) is 3.08. The van der Waals surface area contributed by atoms with E-state index in [0.717, 1.165) is 24.8 Å². The van der Waals surface area contributed by atoms with Crippen LogP contribution in [0.3, 0.4) is 0 Å². The maximum absolute atomic E-state index is 12.3. The standard InChI is InChI=1S/C16H19NO4/c18-15(19)14-9-8-13(12-6-7-12)17(14)16(20)21-10-11-4-2-1-3-5-11/h1-5,12-14H,6-10H2,(H,18,19)/t13-,14-/m1/s1. The zero-order valence-corrected chi connectivity index (χ0v) is 11.8. The Bertz CT molecular complexity index is 526. The van der Waals surface area contributed by atoms with Crippen LogP contribution in [0, 0.1) is 5.92 Å². The van der Waals surface area contributed by atoms with Gasteiger partial charge in [0.1, 0.15) is 12.6 Å². The van der Waals surface area contributed by atoms with Crippen LogP contribution in [0.25, 0.3) is 0 Å². The number of rotatable bonds is 4. The molecule has 3 rings (SSSR count). The highest BCUT2D eigenvalue weighted by Crippen LogP contribution is 2.42. The Kier molecular flexibility index (Phi) is 3.82. The van der Waals surface area contributed by atoms with Crippen LogP contribution in [0.5, 0.6) is 0 Å². The van der Waals surface area contributed by atoms with Crippen LogP contribution in [-0.2, 0) is 16.1 Å². The molecule has 1 saturated heterocycles. The second kappa shape index (κ2) is 5.76. The van der Waals surface area contributed by atoms with Crippen molar-refractivity contribution >= 4 is 12.1 Å². The van der Waals surface area contributed by atoms with E-state index in [4.69, 9.17) is 4.74 Å². The van der Waals surface area contributed by atoms with Gasteiger partial charge in [-0.1, -0.05) is 30.3 Å². The van der Waals surface area contributed by atoms with Crippen molar-refractivity contribution in [2.75, 3.05) is 0 Å². The molecule has 0 spiro atoms. The molecule has 0 aromatic heterocycles. The Morgan fingerprint density at radius 1 is 1.14 bits per heavy atom. The quantitative estimate of drug-likeness (QED) is 0.925. The van der Waals surface area contributed by atoms with E-state index in [1.165, 1.54) is 4.90 Å². The highest BCUT2D eigenvalue weighted by Gasteiger charge is 2.48. The molecule has 5 nitrogen and oxygen atoms in total. The molecule has 0 bridgehead atoms. The van der Waals surface area contributed by atoms with Crippen molar-refractivity contribution in [3.05, 3.63) is 35.9 Å². The molecule has 0 unspecified atom stereocenters. The molecule has 1 aliphatic heterocycles. The predicted molar refractivity (Wildman–Crippen MR) is 75.6 cm³/mol. The molecule has 2 fully saturated rings. The zero-order valence-electron chi connectivity index (χ0n) is 11.8. The van der Waals surface area contributed by atoms with Crippen molar-refractivity contribution in [1.82, 2.24) is 4.90 Å². The van der Waals surface area contributed by atoms with Crippen LogP contribution >= 0.6 is 0 Å². The molecule has 1 heterocycles. The van der Waals surface area contributed by atoms with Crippen LogP contribution in [0.15, 0.2) is 30.3 Å². The highest BCUT2D eigenvalue weighted by molar-refractivity contribution is 5.81. The van der Waals surface area contributed by atoms with E-state index in [2.05, 4.69) is 0 Å². The molecule has 1 saturated carbocycles. The van der Waals surface area contributed by atoms with Crippen LogP contribution in [-0.4, -0.2) is 34.2 Å². The van der Waals surface area contributed by atoms with E-state index < -0.39 is 18.1 Å². The Labute approximate surface area is 123 Å². The first-order valence-electron chi connectivity index (χ1n) is 7.38. The summed E-state index contributed by atoms with van der Waals surface area (Å²) in [5.41, 5.74) is 0.903. The van der Waals surface area contributed by atoms with Gasteiger partial charge in [-0.2, -0.15) is 0 Å². The van der Waals surface area contributed by atoms with Crippen molar-refractivity contribution in [3.8, 4) is 0 Å². The van der Waals surface area contributed by atoms with Gasteiger partial charge in [0.15, 0.2) is 0 Å². The average Bonchev–Trinajstić information content (AvgIpc) is 3.24. The van der Waals surface area contributed by atoms with Crippen LogP contribution in [0.1, 0.15) is 31.2 Å². The normalized spacial score (nSPS) is 24.9. The molecule has 0 radical (unpaired) electrons. The fourth-order valence-electron chi connectivity index (χ4n) is 3.08. The minimum absolute atomic E-state index is 0.0365. The van der Waals surface area contributed by atoms with Gasteiger partial charge in [-0.05, 0) is 37.2 Å². The number of carboxylic acid groups (broad SMARTS) is 1. The largest absolute Gasteiger partial charge is 0.480 e. The van der Waals surface area contributed by atoms with Crippen LogP contribution in [0.2, 0.25) is 0 Å². The van der Waals surface area contributed by atoms with Crippen LogP contribution in [0.4, 0.5) is 4.79 Å². The number of hydrogen-bond acceptors (Lipinski definition) is 3. The molecular weight excluding hydrogens is 270 g/mol. The van der Waals surface area contributed by atoms with E-state index >= 15 is 0 Å². The number of aliphatic carboxylic acids is 1. The van der Waals surface area contributed by atoms with Gasteiger partial charge >= 0.3 is 12.1 Å². The topological polar surface area (TPSA) is 66.8 Å². The van der Waals surface area contributed by atoms with E-state index in [1.54, 1.807) is 0 Å². The van der Waals surface area contributed by atoms with E-state index in [0.29, 0.717) is 12.3 Å². The van der Waals surface area contributed by atoms with E-state index in [9.17, 15) is 14.7 Å². The second-order valence-corrected chi connectivity index (χ2v) is 5.78. The average molecular weight is 289 g/mol. The van der Waals surface area contributed by atoms with Gasteiger partial charge in [-0.15, -0.1) is 0 Å². The van der Waals surface area contributed by atoms with E-state index in [1.807, 2.05) is 30.3 Å². The lowest BCUT2D eigenvalue weighted by Gasteiger charge is -2.27. The third-order valence-corrected chi connectivity index (χ3v) is 4.30. The maximum Gasteiger partial charge on any atom is 0.411 e. The van der Waals surface area contributed by atoms with Crippen molar-refractivity contribution in [1.29, 1.82) is 0 Å². The molecule has 1 amide bonds.